The van der Waals surface area contributed by atoms with Gasteiger partial charge in [0.2, 0.25) is 0 Å². The second kappa shape index (κ2) is 7.00. The summed E-state index contributed by atoms with van der Waals surface area (Å²) in [6.45, 7) is 4.12. The van der Waals surface area contributed by atoms with E-state index in [0.717, 1.165) is 6.42 Å². The molecule has 0 aliphatic carbocycles. The Balaban J connectivity index is 1.77. The Labute approximate surface area is 139 Å². The zero-order chi connectivity index (χ0) is 17.1. The molecule has 7 heteroatoms. The van der Waals surface area contributed by atoms with Crippen molar-refractivity contribution in [3.63, 3.8) is 0 Å². The molecule has 0 aromatic heterocycles. The van der Waals surface area contributed by atoms with Gasteiger partial charge in [0.1, 0.15) is 5.82 Å². The molecule has 0 unspecified atom stereocenters. The Bertz CT molecular complexity index is 672. The van der Waals surface area contributed by atoms with Crippen molar-refractivity contribution in [2.45, 2.75) is 19.4 Å². The number of ether oxygens (including phenoxy) is 1. The first-order chi connectivity index (χ1) is 11.6. The fourth-order valence-corrected chi connectivity index (χ4v) is 3.02. The van der Waals surface area contributed by atoms with Crippen molar-refractivity contribution in [1.29, 1.82) is 0 Å². The van der Waals surface area contributed by atoms with Gasteiger partial charge in [0, 0.05) is 19.8 Å². The van der Waals surface area contributed by atoms with Crippen LogP contribution in [0.15, 0.2) is 35.5 Å². The van der Waals surface area contributed by atoms with Crippen LogP contribution in [0.25, 0.3) is 0 Å². The standard InChI is InChI=1S/C17H20FN3O3/c1-2-24-9-3-8-21-10-13-14(16(21)22)15(20-17(23)19-13)11-4-6-12(18)7-5-11/h4-7,15H,2-3,8-10H2,1H3,(H2,19,20,23)/t15-/m0/s1. The molecule has 128 valence electrons. The average molecular weight is 333 g/mol. The van der Waals surface area contributed by atoms with Crippen molar-refractivity contribution in [3.05, 3.63) is 46.9 Å². The van der Waals surface area contributed by atoms with Gasteiger partial charge in [-0.3, -0.25) is 4.79 Å². The molecule has 24 heavy (non-hydrogen) atoms. The van der Waals surface area contributed by atoms with E-state index in [1.54, 1.807) is 17.0 Å². The van der Waals surface area contributed by atoms with Crippen molar-refractivity contribution >= 4 is 11.9 Å². The summed E-state index contributed by atoms with van der Waals surface area (Å²) in [7, 11) is 0. The smallest absolute Gasteiger partial charge is 0.319 e. The summed E-state index contributed by atoms with van der Waals surface area (Å²) in [6, 6.07) is 4.90. The number of halogens is 1. The molecule has 1 aromatic rings. The molecule has 6 nitrogen and oxygen atoms in total. The summed E-state index contributed by atoms with van der Waals surface area (Å²) < 4.78 is 18.4. The monoisotopic (exact) mass is 333 g/mol. The summed E-state index contributed by atoms with van der Waals surface area (Å²) >= 11 is 0. The van der Waals surface area contributed by atoms with Gasteiger partial charge in [0.05, 0.1) is 23.9 Å². The third kappa shape index (κ3) is 3.26. The van der Waals surface area contributed by atoms with E-state index in [2.05, 4.69) is 10.6 Å². The largest absolute Gasteiger partial charge is 0.382 e. The highest BCUT2D eigenvalue weighted by Gasteiger charge is 2.40. The average Bonchev–Trinajstić information content (AvgIpc) is 2.87. The Kier molecular flexibility index (Phi) is 4.80. The number of hydrogen-bond donors (Lipinski definition) is 2. The van der Waals surface area contributed by atoms with Crippen LogP contribution in [0.1, 0.15) is 24.9 Å². The predicted octanol–water partition coefficient (Wildman–Crippen LogP) is 1.70. The second-order valence-corrected chi connectivity index (χ2v) is 5.75. The molecule has 1 atom stereocenters. The number of rotatable bonds is 6. The van der Waals surface area contributed by atoms with Gasteiger partial charge >= 0.3 is 6.03 Å². The van der Waals surface area contributed by atoms with Gasteiger partial charge in [-0.15, -0.1) is 0 Å². The van der Waals surface area contributed by atoms with Crippen LogP contribution in [0.2, 0.25) is 0 Å². The van der Waals surface area contributed by atoms with Gasteiger partial charge in [-0.2, -0.15) is 0 Å². The lowest BCUT2D eigenvalue weighted by molar-refractivity contribution is -0.126. The summed E-state index contributed by atoms with van der Waals surface area (Å²) in [5.41, 5.74) is 1.83. The van der Waals surface area contributed by atoms with E-state index in [1.165, 1.54) is 12.1 Å². The lowest BCUT2D eigenvalue weighted by atomic mass is 9.96. The molecule has 0 radical (unpaired) electrons. The van der Waals surface area contributed by atoms with E-state index < -0.39 is 6.04 Å². The first-order valence-electron chi connectivity index (χ1n) is 8.03. The molecule has 0 saturated heterocycles. The quantitative estimate of drug-likeness (QED) is 0.779. The number of nitrogens with zero attached hydrogens (tertiary/aromatic N) is 1. The van der Waals surface area contributed by atoms with Gasteiger partial charge in [-0.25, -0.2) is 9.18 Å². The molecule has 2 N–H and O–H groups in total. The molecule has 2 aliphatic heterocycles. The Hall–Kier alpha value is -2.41. The van der Waals surface area contributed by atoms with E-state index in [1.807, 2.05) is 6.92 Å². The van der Waals surface area contributed by atoms with Crippen LogP contribution in [0.4, 0.5) is 9.18 Å². The number of nitrogens with one attached hydrogen (secondary N) is 2. The molecule has 2 heterocycles. The zero-order valence-corrected chi connectivity index (χ0v) is 13.5. The van der Waals surface area contributed by atoms with Crippen LogP contribution in [-0.4, -0.2) is 43.1 Å². The van der Waals surface area contributed by atoms with E-state index in [0.29, 0.717) is 43.1 Å². The van der Waals surface area contributed by atoms with Gasteiger partial charge in [-0.1, -0.05) is 12.1 Å². The fourth-order valence-electron chi connectivity index (χ4n) is 3.02. The Morgan fingerprint density at radius 2 is 2.04 bits per heavy atom. The molecule has 2 aliphatic rings. The molecule has 3 rings (SSSR count). The second-order valence-electron chi connectivity index (χ2n) is 5.75. The molecule has 1 aromatic carbocycles. The number of carbonyl (C=O) groups excluding carboxylic acids is 2. The van der Waals surface area contributed by atoms with Gasteiger partial charge in [0.25, 0.3) is 5.91 Å². The maximum atomic E-state index is 13.1. The van der Waals surface area contributed by atoms with Gasteiger partial charge in [0.15, 0.2) is 0 Å². The topological polar surface area (TPSA) is 70.7 Å². The zero-order valence-electron chi connectivity index (χ0n) is 13.5. The number of urea groups is 1. The first kappa shape index (κ1) is 16.4. The van der Waals surface area contributed by atoms with Crippen molar-refractivity contribution < 1.29 is 18.7 Å². The minimum atomic E-state index is -0.557. The van der Waals surface area contributed by atoms with E-state index in [9.17, 15) is 14.0 Å². The SMILES string of the molecule is CCOCCCN1CC2=C(C1=O)[C@H](c1ccc(F)cc1)NC(=O)N2. The number of carbonyl (C=O) groups is 2. The summed E-state index contributed by atoms with van der Waals surface area (Å²) in [5.74, 6) is -0.466. The van der Waals surface area contributed by atoms with Crippen LogP contribution in [0, 0.1) is 5.82 Å². The van der Waals surface area contributed by atoms with Crippen molar-refractivity contribution in [1.82, 2.24) is 15.5 Å². The number of hydrogen-bond acceptors (Lipinski definition) is 3. The van der Waals surface area contributed by atoms with Crippen LogP contribution in [-0.2, 0) is 9.53 Å². The first-order valence-corrected chi connectivity index (χ1v) is 8.03. The maximum Gasteiger partial charge on any atom is 0.319 e. The highest BCUT2D eigenvalue weighted by molar-refractivity contribution is 6.01. The third-order valence-electron chi connectivity index (χ3n) is 4.14. The molecule has 0 fully saturated rings. The lowest BCUT2D eigenvalue weighted by Gasteiger charge is -2.25. The van der Waals surface area contributed by atoms with Gasteiger partial charge < -0.3 is 20.3 Å². The molecule has 3 amide bonds. The Morgan fingerprint density at radius 1 is 1.29 bits per heavy atom. The summed E-state index contributed by atoms with van der Waals surface area (Å²) in [6.07, 6.45) is 0.739. The van der Waals surface area contributed by atoms with Crippen LogP contribution >= 0.6 is 0 Å². The van der Waals surface area contributed by atoms with Crippen molar-refractivity contribution in [3.8, 4) is 0 Å². The summed E-state index contributed by atoms with van der Waals surface area (Å²) in [4.78, 5) is 26.3. The maximum absolute atomic E-state index is 13.1. The normalized spacial score (nSPS) is 20.1. The molecule has 0 saturated carbocycles. The van der Waals surface area contributed by atoms with Crippen LogP contribution < -0.4 is 10.6 Å². The molecule has 0 spiro atoms. The third-order valence-corrected chi connectivity index (χ3v) is 4.14. The van der Waals surface area contributed by atoms with Crippen LogP contribution in [0.3, 0.4) is 0 Å². The number of benzene rings is 1. The van der Waals surface area contributed by atoms with Crippen molar-refractivity contribution in [2.75, 3.05) is 26.3 Å². The van der Waals surface area contributed by atoms with Crippen molar-refractivity contribution in [2.24, 2.45) is 0 Å². The highest BCUT2D eigenvalue weighted by atomic mass is 19.1. The van der Waals surface area contributed by atoms with E-state index >= 15 is 0 Å². The summed E-state index contributed by atoms with van der Waals surface area (Å²) in [5, 5.41) is 5.46. The van der Waals surface area contributed by atoms with Gasteiger partial charge in [-0.05, 0) is 31.0 Å². The van der Waals surface area contributed by atoms with E-state index in [-0.39, 0.29) is 17.8 Å². The predicted molar refractivity (Wildman–Crippen MR) is 85.5 cm³/mol. The Morgan fingerprint density at radius 3 is 2.75 bits per heavy atom. The molecule has 0 bridgehead atoms. The number of amides is 3. The van der Waals surface area contributed by atoms with Crippen LogP contribution in [0.5, 0.6) is 0 Å². The minimum absolute atomic E-state index is 0.108. The molecular weight excluding hydrogens is 313 g/mol. The lowest BCUT2D eigenvalue weighted by Crippen LogP contribution is -2.44. The minimum Gasteiger partial charge on any atom is -0.382 e. The fraction of sp³-hybridized carbons (Fsp3) is 0.412. The highest BCUT2D eigenvalue weighted by Crippen LogP contribution is 2.32. The van der Waals surface area contributed by atoms with E-state index in [4.69, 9.17) is 4.74 Å². The molecular formula is C17H20FN3O3.